The second-order valence-corrected chi connectivity index (χ2v) is 2.77. The van der Waals surface area contributed by atoms with E-state index in [1.807, 2.05) is 0 Å². The maximum Gasteiger partial charge on any atom is 0.406 e. The van der Waals surface area contributed by atoms with Gasteiger partial charge in [0.15, 0.2) is 0 Å². The minimum Gasteiger partial charge on any atom is -0.332 e. The highest BCUT2D eigenvalue weighted by Crippen LogP contribution is 2.19. The molecule has 1 aliphatic heterocycles. The monoisotopic (exact) mass is 182 g/mol. The van der Waals surface area contributed by atoms with Gasteiger partial charge in [0, 0.05) is 6.54 Å². The highest BCUT2D eigenvalue weighted by molar-refractivity contribution is 5.83. The van der Waals surface area contributed by atoms with Crippen molar-refractivity contribution in [3.8, 4) is 0 Å². The Morgan fingerprint density at radius 2 is 2.17 bits per heavy atom. The molecule has 70 valence electrons. The number of hydrogen-bond donors (Lipinski definition) is 1. The zero-order chi connectivity index (χ0) is 9.35. The van der Waals surface area contributed by atoms with Gasteiger partial charge in [-0.3, -0.25) is 4.79 Å². The van der Waals surface area contributed by atoms with Crippen molar-refractivity contribution >= 4 is 5.91 Å². The molecule has 6 heteroatoms. The Bertz CT molecular complexity index is 192. The molecule has 0 spiro atoms. The fourth-order valence-electron chi connectivity index (χ4n) is 1.14. The van der Waals surface area contributed by atoms with E-state index in [2.05, 4.69) is 0 Å². The van der Waals surface area contributed by atoms with E-state index >= 15 is 0 Å². The van der Waals surface area contributed by atoms with Crippen LogP contribution in [0.15, 0.2) is 0 Å². The minimum atomic E-state index is -4.32. The predicted octanol–water partition coefficient (Wildman–Crippen LogP) is 0.108. The molecule has 1 heterocycles. The van der Waals surface area contributed by atoms with Gasteiger partial charge in [-0.15, -0.1) is 0 Å². The fourth-order valence-corrected chi connectivity index (χ4v) is 1.14. The average molecular weight is 182 g/mol. The van der Waals surface area contributed by atoms with Gasteiger partial charge in [0.25, 0.3) is 0 Å². The number of likely N-dealkylation sites (tertiary alicyclic amines) is 1. The molecular formula is C6H9F3N2O. The predicted molar refractivity (Wildman–Crippen MR) is 35.2 cm³/mol. The number of halogens is 3. The van der Waals surface area contributed by atoms with Crippen LogP contribution < -0.4 is 5.73 Å². The number of alkyl halides is 3. The van der Waals surface area contributed by atoms with E-state index < -0.39 is 24.7 Å². The van der Waals surface area contributed by atoms with Crippen LogP contribution in [0.3, 0.4) is 0 Å². The summed E-state index contributed by atoms with van der Waals surface area (Å²) in [7, 11) is 0. The number of nitrogens with two attached hydrogens (primary N) is 1. The first-order valence-corrected chi connectivity index (χ1v) is 3.51. The van der Waals surface area contributed by atoms with Gasteiger partial charge in [0.05, 0.1) is 6.04 Å². The molecule has 0 saturated carbocycles. The summed E-state index contributed by atoms with van der Waals surface area (Å²) in [5.74, 6) is -0.604. The van der Waals surface area contributed by atoms with Gasteiger partial charge in [-0.1, -0.05) is 0 Å². The molecule has 2 N–H and O–H groups in total. The fraction of sp³-hybridized carbons (Fsp3) is 0.833. The highest BCUT2D eigenvalue weighted by atomic mass is 19.4. The highest BCUT2D eigenvalue weighted by Gasteiger charge is 2.37. The Morgan fingerprint density at radius 3 is 2.50 bits per heavy atom. The standard InChI is InChI=1S/C6H9F3N2O/c7-6(8,9)3-11-2-1-4(10)5(11)12/h4H,1-3,10H2/t4-/m1/s1. The summed E-state index contributed by atoms with van der Waals surface area (Å²) in [6, 6.07) is -0.743. The number of amides is 1. The van der Waals surface area contributed by atoms with Crippen molar-refractivity contribution in [3.63, 3.8) is 0 Å². The molecule has 1 atom stereocenters. The Balaban J connectivity index is 2.50. The number of carbonyl (C=O) groups is 1. The SMILES string of the molecule is N[C@@H]1CCN(CC(F)(F)F)C1=O. The first kappa shape index (κ1) is 9.31. The second-order valence-electron chi connectivity index (χ2n) is 2.77. The van der Waals surface area contributed by atoms with Crippen LogP contribution in [0.2, 0.25) is 0 Å². The molecule has 0 aliphatic carbocycles. The minimum absolute atomic E-state index is 0.111. The summed E-state index contributed by atoms with van der Waals surface area (Å²) in [6.07, 6.45) is -4.01. The first-order chi connectivity index (χ1) is 5.40. The molecule has 0 radical (unpaired) electrons. The molecule has 1 amide bonds. The third kappa shape index (κ3) is 2.10. The van der Waals surface area contributed by atoms with Crippen LogP contribution >= 0.6 is 0 Å². The van der Waals surface area contributed by atoms with Crippen LogP contribution in [-0.4, -0.2) is 36.1 Å². The number of rotatable bonds is 1. The van der Waals surface area contributed by atoms with E-state index in [1.54, 1.807) is 0 Å². The summed E-state index contributed by atoms with van der Waals surface area (Å²) in [4.78, 5) is 11.6. The van der Waals surface area contributed by atoms with Gasteiger partial charge in [0.2, 0.25) is 5.91 Å². The Hall–Kier alpha value is -0.780. The van der Waals surface area contributed by atoms with Crippen molar-refractivity contribution in [3.05, 3.63) is 0 Å². The van der Waals surface area contributed by atoms with E-state index in [1.165, 1.54) is 0 Å². The van der Waals surface area contributed by atoms with Crippen LogP contribution in [0.4, 0.5) is 13.2 Å². The Labute approximate surface area is 67.3 Å². The zero-order valence-electron chi connectivity index (χ0n) is 6.27. The third-order valence-corrected chi connectivity index (χ3v) is 1.71. The van der Waals surface area contributed by atoms with Crippen molar-refractivity contribution < 1.29 is 18.0 Å². The summed E-state index contributed by atoms with van der Waals surface area (Å²) in [5.41, 5.74) is 5.23. The molecular weight excluding hydrogens is 173 g/mol. The summed E-state index contributed by atoms with van der Waals surface area (Å²) < 4.78 is 35.3. The van der Waals surface area contributed by atoms with E-state index in [9.17, 15) is 18.0 Å². The van der Waals surface area contributed by atoms with Gasteiger partial charge in [-0.2, -0.15) is 13.2 Å². The summed E-state index contributed by atoms with van der Waals surface area (Å²) in [6.45, 7) is -1.07. The lowest BCUT2D eigenvalue weighted by Gasteiger charge is -2.17. The zero-order valence-corrected chi connectivity index (χ0v) is 6.27. The lowest BCUT2D eigenvalue weighted by atomic mass is 10.3. The Morgan fingerprint density at radius 1 is 1.58 bits per heavy atom. The average Bonchev–Trinajstić information content (AvgIpc) is 2.16. The lowest BCUT2D eigenvalue weighted by Crippen LogP contribution is -2.39. The summed E-state index contributed by atoms with van der Waals surface area (Å²) in [5, 5.41) is 0. The largest absolute Gasteiger partial charge is 0.406 e. The molecule has 0 bridgehead atoms. The second kappa shape index (κ2) is 2.93. The van der Waals surface area contributed by atoms with Crippen molar-refractivity contribution in [2.45, 2.75) is 18.6 Å². The van der Waals surface area contributed by atoms with Crippen molar-refractivity contribution in [1.29, 1.82) is 0 Å². The lowest BCUT2D eigenvalue weighted by molar-refractivity contribution is -0.157. The molecule has 0 unspecified atom stereocenters. The Kier molecular flexibility index (Phi) is 2.27. The molecule has 1 aliphatic rings. The topological polar surface area (TPSA) is 46.3 Å². The van der Waals surface area contributed by atoms with Gasteiger partial charge in [-0.05, 0) is 6.42 Å². The van der Waals surface area contributed by atoms with Crippen LogP contribution in [0.1, 0.15) is 6.42 Å². The van der Waals surface area contributed by atoms with Gasteiger partial charge >= 0.3 is 6.18 Å². The van der Waals surface area contributed by atoms with Crippen molar-refractivity contribution in [2.75, 3.05) is 13.1 Å². The molecule has 12 heavy (non-hydrogen) atoms. The quantitative estimate of drug-likeness (QED) is 0.625. The number of hydrogen-bond acceptors (Lipinski definition) is 2. The number of nitrogens with zero attached hydrogens (tertiary/aromatic N) is 1. The van der Waals surface area contributed by atoms with E-state index in [0.717, 1.165) is 4.90 Å². The first-order valence-electron chi connectivity index (χ1n) is 3.51. The molecule has 1 rings (SSSR count). The van der Waals surface area contributed by atoms with Crippen LogP contribution in [0.5, 0.6) is 0 Å². The molecule has 0 aromatic heterocycles. The molecule has 3 nitrogen and oxygen atoms in total. The van der Waals surface area contributed by atoms with Crippen LogP contribution in [0.25, 0.3) is 0 Å². The summed E-state index contributed by atoms with van der Waals surface area (Å²) >= 11 is 0. The van der Waals surface area contributed by atoms with E-state index in [4.69, 9.17) is 5.73 Å². The van der Waals surface area contributed by atoms with E-state index in [0.29, 0.717) is 6.42 Å². The van der Waals surface area contributed by atoms with E-state index in [-0.39, 0.29) is 6.54 Å². The molecule has 1 saturated heterocycles. The molecule has 1 fully saturated rings. The normalized spacial score (nSPS) is 25.2. The van der Waals surface area contributed by atoms with Gasteiger partial charge < -0.3 is 10.6 Å². The molecule has 0 aromatic rings. The smallest absolute Gasteiger partial charge is 0.332 e. The van der Waals surface area contributed by atoms with Crippen LogP contribution in [-0.2, 0) is 4.79 Å². The van der Waals surface area contributed by atoms with Gasteiger partial charge in [-0.25, -0.2) is 0 Å². The molecule has 0 aromatic carbocycles. The maximum absolute atomic E-state index is 11.8. The maximum atomic E-state index is 11.8. The van der Waals surface area contributed by atoms with Crippen LogP contribution in [0, 0.1) is 0 Å². The van der Waals surface area contributed by atoms with Crippen molar-refractivity contribution in [2.24, 2.45) is 5.73 Å². The number of carbonyl (C=O) groups excluding carboxylic acids is 1. The third-order valence-electron chi connectivity index (χ3n) is 1.71. The van der Waals surface area contributed by atoms with Gasteiger partial charge in [0.1, 0.15) is 6.54 Å². The van der Waals surface area contributed by atoms with Crippen molar-refractivity contribution in [1.82, 2.24) is 4.90 Å².